The van der Waals surface area contributed by atoms with Crippen LogP contribution in [0.25, 0.3) is 0 Å². The van der Waals surface area contributed by atoms with E-state index in [1.54, 1.807) is 19.4 Å². The van der Waals surface area contributed by atoms with Crippen LogP contribution in [0.3, 0.4) is 0 Å². The van der Waals surface area contributed by atoms with E-state index in [1.807, 2.05) is 30.3 Å². The van der Waals surface area contributed by atoms with Gasteiger partial charge < -0.3 is 24.8 Å². The van der Waals surface area contributed by atoms with E-state index in [0.717, 1.165) is 36.6 Å². The molecule has 7 heteroatoms. The summed E-state index contributed by atoms with van der Waals surface area (Å²) in [5.41, 5.74) is 1.23. The molecule has 1 aromatic carbocycles. The van der Waals surface area contributed by atoms with E-state index >= 15 is 0 Å². The van der Waals surface area contributed by atoms with Gasteiger partial charge in [0.15, 0.2) is 0 Å². The van der Waals surface area contributed by atoms with Crippen LogP contribution in [-0.2, 0) is 4.74 Å². The zero-order chi connectivity index (χ0) is 18.9. The Morgan fingerprint density at radius 2 is 2.04 bits per heavy atom. The number of carbonyl (C=O) groups excluding carboxylic acids is 1. The van der Waals surface area contributed by atoms with Gasteiger partial charge in [0.2, 0.25) is 0 Å². The molecule has 1 atom stereocenters. The smallest absolute Gasteiger partial charge is 0.269 e. The summed E-state index contributed by atoms with van der Waals surface area (Å²) in [6.45, 7) is 2.44. The highest BCUT2D eigenvalue weighted by Crippen LogP contribution is 2.17. The number of amides is 1. The minimum Gasteiger partial charge on any atom is -0.497 e. The van der Waals surface area contributed by atoms with E-state index in [2.05, 4.69) is 15.6 Å². The van der Waals surface area contributed by atoms with Gasteiger partial charge in [0, 0.05) is 19.7 Å². The highest BCUT2D eigenvalue weighted by Gasteiger charge is 2.17. The first-order valence-corrected chi connectivity index (χ1v) is 9.11. The number of rotatable bonds is 9. The van der Waals surface area contributed by atoms with Crippen LogP contribution in [0, 0.1) is 0 Å². The quantitative estimate of drug-likeness (QED) is 0.659. The summed E-state index contributed by atoms with van der Waals surface area (Å²) in [5, 5.41) is 6.08. The number of carbonyl (C=O) groups is 1. The summed E-state index contributed by atoms with van der Waals surface area (Å²) in [7, 11) is 1.63. The third-order valence-electron chi connectivity index (χ3n) is 4.27. The number of methoxy groups -OCH3 is 1. The van der Waals surface area contributed by atoms with E-state index in [0.29, 0.717) is 25.4 Å². The summed E-state index contributed by atoms with van der Waals surface area (Å²) in [4.78, 5) is 16.3. The normalized spacial score (nSPS) is 16.0. The topological polar surface area (TPSA) is 81.7 Å². The fraction of sp³-hybridized carbons (Fsp3) is 0.400. The molecule has 3 rings (SSSR count). The first kappa shape index (κ1) is 19.0. The van der Waals surface area contributed by atoms with Gasteiger partial charge in [0.05, 0.1) is 25.1 Å². The average molecular weight is 371 g/mol. The summed E-state index contributed by atoms with van der Waals surface area (Å²) in [5.74, 6) is 1.40. The van der Waals surface area contributed by atoms with Crippen LogP contribution in [0.4, 0.5) is 5.69 Å². The number of hydrogen-bond donors (Lipinski definition) is 2. The lowest BCUT2D eigenvalue weighted by atomic mass is 10.2. The molecular weight excluding hydrogens is 346 g/mol. The van der Waals surface area contributed by atoms with Gasteiger partial charge in [-0.25, -0.2) is 4.98 Å². The van der Waals surface area contributed by atoms with Gasteiger partial charge in [-0.2, -0.15) is 0 Å². The molecule has 2 N–H and O–H groups in total. The third-order valence-corrected chi connectivity index (χ3v) is 4.27. The van der Waals surface area contributed by atoms with Crippen molar-refractivity contribution >= 4 is 11.6 Å². The van der Waals surface area contributed by atoms with Gasteiger partial charge >= 0.3 is 0 Å². The number of benzene rings is 1. The van der Waals surface area contributed by atoms with Crippen molar-refractivity contribution in [3.8, 4) is 11.5 Å². The van der Waals surface area contributed by atoms with E-state index in [4.69, 9.17) is 14.2 Å². The predicted octanol–water partition coefficient (Wildman–Crippen LogP) is 2.49. The largest absolute Gasteiger partial charge is 0.497 e. The van der Waals surface area contributed by atoms with Crippen LogP contribution in [0.15, 0.2) is 42.6 Å². The Morgan fingerprint density at radius 1 is 1.22 bits per heavy atom. The summed E-state index contributed by atoms with van der Waals surface area (Å²) in [6, 6.07) is 11.0. The fourth-order valence-electron chi connectivity index (χ4n) is 2.77. The predicted molar refractivity (Wildman–Crippen MR) is 103 cm³/mol. The molecule has 1 aliphatic rings. The zero-order valence-electron chi connectivity index (χ0n) is 15.4. The maximum atomic E-state index is 12.1. The average Bonchev–Trinajstić information content (AvgIpc) is 3.24. The van der Waals surface area contributed by atoms with Gasteiger partial charge in [-0.1, -0.05) is 0 Å². The number of ether oxygens (including phenoxy) is 3. The molecule has 1 saturated heterocycles. The molecule has 27 heavy (non-hydrogen) atoms. The maximum Gasteiger partial charge on any atom is 0.269 e. The Hall–Kier alpha value is -2.80. The molecule has 0 saturated carbocycles. The van der Waals surface area contributed by atoms with Gasteiger partial charge in [-0.05, 0) is 49.2 Å². The number of pyridine rings is 1. The second kappa shape index (κ2) is 9.78. The van der Waals surface area contributed by atoms with Crippen molar-refractivity contribution in [3.05, 3.63) is 48.3 Å². The summed E-state index contributed by atoms with van der Waals surface area (Å²) >= 11 is 0. The van der Waals surface area contributed by atoms with Gasteiger partial charge in [0.1, 0.15) is 23.8 Å². The second-order valence-corrected chi connectivity index (χ2v) is 6.23. The molecule has 0 spiro atoms. The number of nitrogens with zero attached hydrogens (tertiary/aromatic N) is 1. The molecule has 1 fully saturated rings. The zero-order valence-corrected chi connectivity index (χ0v) is 15.4. The van der Waals surface area contributed by atoms with Gasteiger partial charge in [-0.3, -0.25) is 4.79 Å². The van der Waals surface area contributed by atoms with Crippen molar-refractivity contribution in [2.75, 3.05) is 38.7 Å². The lowest BCUT2D eigenvalue weighted by Gasteiger charge is -2.11. The lowest BCUT2D eigenvalue weighted by molar-refractivity contribution is 0.0854. The molecule has 0 radical (unpaired) electrons. The summed E-state index contributed by atoms with van der Waals surface area (Å²) in [6.07, 6.45) is 3.82. The number of aromatic nitrogens is 1. The van der Waals surface area contributed by atoms with Gasteiger partial charge in [-0.15, -0.1) is 0 Å². The van der Waals surface area contributed by atoms with Crippen molar-refractivity contribution in [2.24, 2.45) is 0 Å². The standard InChI is InChI=1S/C20H25N3O4/c1-25-16-5-7-17(8-6-16)27-12-10-21-15-4-9-19(22-13-15)20(24)23-14-18-3-2-11-26-18/h4-9,13,18,21H,2-3,10-12,14H2,1H3,(H,23,24). The molecule has 1 aromatic heterocycles. The molecule has 1 unspecified atom stereocenters. The Morgan fingerprint density at radius 3 is 2.70 bits per heavy atom. The van der Waals surface area contributed by atoms with E-state index in [9.17, 15) is 4.79 Å². The Kier molecular flexibility index (Phi) is 6.87. The minimum atomic E-state index is -0.181. The Balaban J connectivity index is 1.37. The molecule has 1 amide bonds. The lowest BCUT2D eigenvalue weighted by Crippen LogP contribution is -2.32. The van der Waals surface area contributed by atoms with Crippen LogP contribution in [-0.4, -0.2) is 50.4 Å². The highest BCUT2D eigenvalue weighted by molar-refractivity contribution is 5.92. The molecule has 0 bridgehead atoms. The van der Waals surface area contributed by atoms with Crippen molar-refractivity contribution in [1.82, 2.24) is 10.3 Å². The van der Waals surface area contributed by atoms with Crippen LogP contribution in [0.1, 0.15) is 23.3 Å². The number of nitrogens with one attached hydrogen (secondary N) is 2. The Labute approximate surface area is 159 Å². The van der Waals surface area contributed by atoms with E-state index in [1.165, 1.54) is 0 Å². The molecule has 144 valence electrons. The van der Waals surface area contributed by atoms with Gasteiger partial charge in [0.25, 0.3) is 5.91 Å². The number of hydrogen-bond acceptors (Lipinski definition) is 6. The molecular formula is C20H25N3O4. The third kappa shape index (κ3) is 5.86. The van der Waals surface area contributed by atoms with E-state index < -0.39 is 0 Å². The first-order valence-electron chi connectivity index (χ1n) is 9.11. The monoisotopic (exact) mass is 371 g/mol. The van der Waals surface area contributed by atoms with Crippen LogP contribution in [0.5, 0.6) is 11.5 Å². The van der Waals surface area contributed by atoms with Crippen LogP contribution < -0.4 is 20.1 Å². The maximum absolute atomic E-state index is 12.1. The number of anilines is 1. The molecule has 7 nitrogen and oxygen atoms in total. The van der Waals surface area contributed by atoms with E-state index in [-0.39, 0.29) is 12.0 Å². The van der Waals surface area contributed by atoms with Crippen molar-refractivity contribution in [1.29, 1.82) is 0 Å². The molecule has 2 aromatic rings. The minimum absolute atomic E-state index is 0.126. The SMILES string of the molecule is COc1ccc(OCCNc2ccc(C(=O)NCC3CCCO3)nc2)cc1. The van der Waals surface area contributed by atoms with Crippen LogP contribution in [0.2, 0.25) is 0 Å². The first-order chi connectivity index (χ1) is 13.2. The second-order valence-electron chi connectivity index (χ2n) is 6.23. The molecule has 2 heterocycles. The highest BCUT2D eigenvalue weighted by atomic mass is 16.5. The Bertz CT molecular complexity index is 713. The van der Waals surface area contributed by atoms with Crippen molar-refractivity contribution < 1.29 is 19.0 Å². The molecule has 0 aliphatic carbocycles. The fourth-order valence-corrected chi connectivity index (χ4v) is 2.77. The molecule has 1 aliphatic heterocycles. The summed E-state index contributed by atoms with van der Waals surface area (Å²) < 4.78 is 16.3. The van der Waals surface area contributed by atoms with Crippen LogP contribution >= 0.6 is 0 Å². The van der Waals surface area contributed by atoms with Crippen molar-refractivity contribution in [3.63, 3.8) is 0 Å². The van der Waals surface area contributed by atoms with Crippen molar-refractivity contribution in [2.45, 2.75) is 18.9 Å².